The van der Waals surface area contributed by atoms with Crippen molar-refractivity contribution in [3.63, 3.8) is 0 Å². The second kappa shape index (κ2) is 8.26. The van der Waals surface area contributed by atoms with Crippen molar-refractivity contribution in [1.82, 2.24) is 5.32 Å². The molecule has 7 heteroatoms. The lowest BCUT2D eigenvalue weighted by atomic mass is 9.87. The molecule has 0 spiro atoms. The Kier molecular flexibility index (Phi) is 6.68. The van der Waals surface area contributed by atoms with Gasteiger partial charge in [-0.05, 0) is 26.3 Å². The molecule has 126 valence electrons. The van der Waals surface area contributed by atoms with E-state index in [1.54, 1.807) is 25.1 Å². The number of Topliss-reactive ketones (excluding diaryl/α,β-unsaturated/α-hetero) is 1. The Hall–Kier alpha value is -2.44. The first-order chi connectivity index (χ1) is 10.9. The van der Waals surface area contributed by atoms with Gasteiger partial charge in [-0.25, -0.2) is 14.0 Å². The fourth-order valence-electron chi connectivity index (χ4n) is 2.05. The zero-order valence-electron chi connectivity index (χ0n) is 13.3. The topological polar surface area (TPSA) is 81.7 Å². The summed E-state index contributed by atoms with van der Waals surface area (Å²) in [5.74, 6) is -2.42. The quantitative estimate of drug-likeness (QED) is 0.614. The van der Waals surface area contributed by atoms with Crippen molar-refractivity contribution >= 4 is 17.8 Å². The van der Waals surface area contributed by atoms with Gasteiger partial charge in [-0.1, -0.05) is 30.3 Å². The highest BCUT2D eigenvalue weighted by Crippen LogP contribution is 2.32. The van der Waals surface area contributed by atoms with Gasteiger partial charge in [-0.3, -0.25) is 4.79 Å². The van der Waals surface area contributed by atoms with Crippen molar-refractivity contribution in [2.75, 3.05) is 13.2 Å². The first-order valence-corrected chi connectivity index (χ1v) is 7.23. The SMILES string of the molecule is CCOC(=O)N[C@H](c1ccccc1)[C@@](F)(C(C)=O)C(=O)OCC. The van der Waals surface area contributed by atoms with Gasteiger partial charge in [0, 0.05) is 0 Å². The number of amides is 1. The molecule has 6 nitrogen and oxygen atoms in total. The van der Waals surface area contributed by atoms with Crippen LogP contribution in [0, 0.1) is 0 Å². The number of carbonyl (C=O) groups excluding carboxylic acids is 3. The molecule has 2 atom stereocenters. The second-order valence-electron chi connectivity index (χ2n) is 4.70. The Balaban J connectivity index is 3.31. The average molecular weight is 325 g/mol. The van der Waals surface area contributed by atoms with Gasteiger partial charge in [-0.2, -0.15) is 0 Å². The molecule has 1 rings (SSSR count). The third-order valence-corrected chi connectivity index (χ3v) is 3.15. The highest BCUT2D eigenvalue weighted by atomic mass is 19.1. The summed E-state index contributed by atoms with van der Waals surface area (Å²) in [4.78, 5) is 35.6. The largest absolute Gasteiger partial charge is 0.463 e. The van der Waals surface area contributed by atoms with E-state index >= 15 is 4.39 Å². The molecule has 0 aromatic heterocycles. The van der Waals surface area contributed by atoms with Crippen LogP contribution in [0.5, 0.6) is 0 Å². The highest BCUT2D eigenvalue weighted by Gasteiger charge is 2.54. The van der Waals surface area contributed by atoms with Gasteiger partial charge in [-0.15, -0.1) is 0 Å². The van der Waals surface area contributed by atoms with Crippen LogP contribution >= 0.6 is 0 Å². The smallest absolute Gasteiger partial charge is 0.407 e. The number of nitrogens with one attached hydrogen (secondary N) is 1. The molecule has 0 saturated heterocycles. The van der Waals surface area contributed by atoms with E-state index < -0.39 is 29.6 Å². The van der Waals surface area contributed by atoms with E-state index in [4.69, 9.17) is 4.74 Å². The summed E-state index contributed by atoms with van der Waals surface area (Å²) < 4.78 is 24.8. The maximum atomic E-state index is 15.4. The number of benzene rings is 1. The predicted octanol–water partition coefficient (Wildman–Crippen LogP) is 2.33. The second-order valence-corrected chi connectivity index (χ2v) is 4.70. The standard InChI is InChI=1S/C16H20FNO5/c1-4-22-14(20)16(17,11(3)19)13(18-15(21)23-5-2)12-9-7-6-8-10-12/h6-10,13H,4-5H2,1-3H3,(H,18,21)/t13-,16+/m1/s1. The van der Waals surface area contributed by atoms with Gasteiger partial charge in [0.2, 0.25) is 0 Å². The lowest BCUT2D eigenvalue weighted by Crippen LogP contribution is -2.53. The zero-order chi connectivity index (χ0) is 17.5. The van der Waals surface area contributed by atoms with Gasteiger partial charge < -0.3 is 14.8 Å². The molecule has 0 radical (unpaired) electrons. The number of hydrogen-bond acceptors (Lipinski definition) is 5. The van der Waals surface area contributed by atoms with E-state index in [1.165, 1.54) is 19.1 Å². The van der Waals surface area contributed by atoms with E-state index in [2.05, 4.69) is 10.1 Å². The first kappa shape index (κ1) is 18.6. The molecule has 1 N–H and O–H groups in total. The summed E-state index contributed by atoms with van der Waals surface area (Å²) in [5, 5.41) is 2.24. The molecule has 0 aliphatic rings. The normalized spacial score (nSPS) is 14.3. The summed E-state index contributed by atoms with van der Waals surface area (Å²) in [6, 6.07) is 6.31. The Morgan fingerprint density at radius 3 is 2.17 bits per heavy atom. The maximum absolute atomic E-state index is 15.4. The Bertz CT molecular complexity index is 563. The monoisotopic (exact) mass is 325 g/mol. The fourth-order valence-corrected chi connectivity index (χ4v) is 2.05. The van der Waals surface area contributed by atoms with Crippen LogP contribution in [-0.2, 0) is 19.1 Å². The minimum absolute atomic E-state index is 0.0616. The summed E-state index contributed by atoms with van der Waals surface area (Å²) in [6.07, 6.45) is -0.936. The van der Waals surface area contributed by atoms with Gasteiger partial charge in [0.1, 0.15) is 6.04 Å². The summed E-state index contributed by atoms with van der Waals surface area (Å²) >= 11 is 0. The van der Waals surface area contributed by atoms with Gasteiger partial charge in [0.05, 0.1) is 13.2 Å². The van der Waals surface area contributed by atoms with E-state index in [1.807, 2.05) is 0 Å². The molecule has 1 aromatic rings. The van der Waals surface area contributed by atoms with Crippen LogP contribution in [0.15, 0.2) is 30.3 Å². The molecule has 23 heavy (non-hydrogen) atoms. The van der Waals surface area contributed by atoms with Crippen LogP contribution < -0.4 is 5.32 Å². The third kappa shape index (κ3) is 4.28. The summed E-state index contributed by atoms with van der Waals surface area (Å²) in [7, 11) is 0. The summed E-state index contributed by atoms with van der Waals surface area (Å²) in [6.45, 7) is 3.97. The van der Waals surface area contributed by atoms with Crippen molar-refractivity contribution in [2.45, 2.75) is 32.5 Å². The number of ether oxygens (including phenoxy) is 2. The molecule has 0 unspecified atom stereocenters. The predicted molar refractivity (Wildman–Crippen MR) is 80.5 cm³/mol. The van der Waals surface area contributed by atoms with E-state index in [0.717, 1.165) is 6.92 Å². The lowest BCUT2D eigenvalue weighted by molar-refractivity contribution is -0.164. The minimum Gasteiger partial charge on any atom is -0.463 e. The number of alkyl carbamates (subject to hydrolysis) is 1. The number of esters is 1. The van der Waals surface area contributed by atoms with Crippen molar-refractivity contribution in [2.24, 2.45) is 0 Å². The van der Waals surface area contributed by atoms with Gasteiger partial charge in [0.25, 0.3) is 5.67 Å². The number of ketones is 1. The van der Waals surface area contributed by atoms with Crippen molar-refractivity contribution in [1.29, 1.82) is 0 Å². The Labute approximate surface area is 134 Å². The van der Waals surface area contributed by atoms with Crippen molar-refractivity contribution in [3.05, 3.63) is 35.9 Å². The number of hydrogen-bond donors (Lipinski definition) is 1. The van der Waals surface area contributed by atoms with Crippen LogP contribution in [0.25, 0.3) is 0 Å². The average Bonchev–Trinajstić information content (AvgIpc) is 2.53. The Morgan fingerprint density at radius 2 is 1.70 bits per heavy atom. The molecular formula is C16H20FNO5. The molecule has 1 aromatic carbocycles. The molecule has 0 aliphatic carbocycles. The number of carbonyl (C=O) groups is 3. The van der Waals surface area contributed by atoms with E-state index in [9.17, 15) is 14.4 Å². The number of halogens is 1. The number of rotatable bonds is 7. The van der Waals surface area contributed by atoms with Crippen LogP contribution in [0.3, 0.4) is 0 Å². The van der Waals surface area contributed by atoms with Crippen LogP contribution in [0.1, 0.15) is 32.4 Å². The van der Waals surface area contributed by atoms with Gasteiger partial charge >= 0.3 is 12.1 Å². The minimum atomic E-state index is -3.05. The van der Waals surface area contributed by atoms with Crippen molar-refractivity contribution in [3.8, 4) is 0 Å². The maximum Gasteiger partial charge on any atom is 0.407 e. The fraction of sp³-hybridized carbons (Fsp3) is 0.438. The Morgan fingerprint density at radius 1 is 1.13 bits per heavy atom. The van der Waals surface area contributed by atoms with Crippen LogP contribution in [0.2, 0.25) is 0 Å². The lowest BCUT2D eigenvalue weighted by Gasteiger charge is -2.30. The molecule has 0 fully saturated rings. The van der Waals surface area contributed by atoms with Crippen molar-refractivity contribution < 1.29 is 28.2 Å². The van der Waals surface area contributed by atoms with Crippen LogP contribution in [0.4, 0.5) is 9.18 Å². The number of alkyl halides is 1. The molecular weight excluding hydrogens is 305 g/mol. The first-order valence-electron chi connectivity index (χ1n) is 7.23. The molecule has 1 amide bonds. The summed E-state index contributed by atoms with van der Waals surface area (Å²) in [5.41, 5.74) is -2.81. The third-order valence-electron chi connectivity index (χ3n) is 3.15. The van der Waals surface area contributed by atoms with Crippen LogP contribution in [-0.4, -0.2) is 36.7 Å². The van der Waals surface area contributed by atoms with Gasteiger partial charge in [0.15, 0.2) is 5.78 Å². The molecule has 0 bridgehead atoms. The molecule has 0 saturated carbocycles. The zero-order valence-corrected chi connectivity index (χ0v) is 13.3. The van der Waals surface area contributed by atoms with E-state index in [-0.39, 0.29) is 18.8 Å². The highest BCUT2D eigenvalue weighted by molar-refractivity contribution is 6.07. The molecule has 0 aliphatic heterocycles. The molecule has 0 heterocycles. The van der Waals surface area contributed by atoms with E-state index in [0.29, 0.717) is 0 Å².